The van der Waals surface area contributed by atoms with Gasteiger partial charge in [0.1, 0.15) is 5.82 Å². The van der Waals surface area contributed by atoms with Crippen molar-refractivity contribution in [3.05, 3.63) is 35.6 Å². The highest BCUT2D eigenvalue weighted by atomic mass is 19.1. The first-order valence-corrected chi connectivity index (χ1v) is 7.67. The summed E-state index contributed by atoms with van der Waals surface area (Å²) in [5, 5.41) is 2.99. The quantitative estimate of drug-likeness (QED) is 0.896. The Balaban J connectivity index is 1.97. The van der Waals surface area contributed by atoms with Crippen LogP contribution in [0.3, 0.4) is 0 Å². The summed E-state index contributed by atoms with van der Waals surface area (Å²) in [5.74, 6) is -0.306. The van der Waals surface area contributed by atoms with Crippen molar-refractivity contribution in [2.75, 3.05) is 6.54 Å². The fourth-order valence-corrected chi connectivity index (χ4v) is 2.89. The van der Waals surface area contributed by atoms with Crippen LogP contribution in [-0.2, 0) is 10.2 Å². The molecule has 0 aliphatic heterocycles. The molecule has 3 nitrogen and oxygen atoms in total. The molecule has 0 spiro atoms. The summed E-state index contributed by atoms with van der Waals surface area (Å²) < 4.78 is 13.0. The summed E-state index contributed by atoms with van der Waals surface area (Å²) in [7, 11) is 0. The molecule has 116 valence electrons. The molecule has 0 radical (unpaired) electrons. The topological polar surface area (TPSA) is 55.1 Å². The lowest BCUT2D eigenvalue weighted by Gasteiger charge is -2.34. The van der Waals surface area contributed by atoms with Crippen LogP contribution < -0.4 is 11.1 Å². The lowest BCUT2D eigenvalue weighted by atomic mass is 9.81. The highest BCUT2D eigenvalue weighted by Gasteiger charge is 2.36. The molecule has 1 saturated carbocycles. The number of carbonyl (C=O) groups excluding carboxylic acids is 1. The van der Waals surface area contributed by atoms with Gasteiger partial charge in [-0.05, 0) is 30.5 Å². The predicted octanol–water partition coefficient (Wildman–Crippen LogP) is 2.88. The first-order chi connectivity index (χ1) is 9.83. The summed E-state index contributed by atoms with van der Waals surface area (Å²) in [6, 6.07) is 6.43. The van der Waals surface area contributed by atoms with Crippen LogP contribution in [0, 0.1) is 5.82 Å². The predicted molar refractivity (Wildman–Crippen MR) is 82.4 cm³/mol. The van der Waals surface area contributed by atoms with Crippen LogP contribution in [0.25, 0.3) is 0 Å². The van der Waals surface area contributed by atoms with E-state index in [0.29, 0.717) is 6.54 Å². The van der Waals surface area contributed by atoms with E-state index in [1.54, 1.807) is 12.1 Å². The molecule has 2 rings (SSSR count). The van der Waals surface area contributed by atoms with Gasteiger partial charge in [-0.25, -0.2) is 4.39 Å². The zero-order valence-electron chi connectivity index (χ0n) is 12.9. The first-order valence-electron chi connectivity index (χ1n) is 7.67. The van der Waals surface area contributed by atoms with E-state index in [1.165, 1.54) is 12.1 Å². The molecule has 1 aromatic carbocycles. The van der Waals surface area contributed by atoms with Gasteiger partial charge in [-0.2, -0.15) is 0 Å². The Morgan fingerprint density at radius 1 is 1.24 bits per heavy atom. The van der Waals surface area contributed by atoms with Crippen molar-refractivity contribution >= 4 is 5.91 Å². The van der Waals surface area contributed by atoms with Crippen LogP contribution in [0.5, 0.6) is 0 Å². The molecule has 1 aliphatic rings. The maximum atomic E-state index is 13.0. The van der Waals surface area contributed by atoms with Gasteiger partial charge in [0, 0.05) is 12.0 Å². The van der Waals surface area contributed by atoms with E-state index in [1.807, 2.05) is 13.8 Å². The average molecular weight is 292 g/mol. The second-order valence-corrected chi connectivity index (χ2v) is 6.79. The number of hydrogen-bond donors (Lipinski definition) is 2. The summed E-state index contributed by atoms with van der Waals surface area (Å²) in [5.41, 5.74) is 6.26. The van der Waals surface area contributed by atoms with Gasteiger partial charge in [-0.15, -0.1) is 0 Å². The van der Waals surface area contributed by atoms with Crippen molar-refractivity contribution in [3.8, 4) is 0 Å². The fourth-order valence-electron chi connectivity index (χ4n) is 2.89. The van der Waals surface area contributed by atoms with E-state index in [-0.39, 0.29) is 17.1 Å². The highest BCUT2D eigenvalue weighted by molar-refractivity contribution is 5.86. The van der Waals surface area contributed by atoms with E-state index in [2.05, 4.69) is 5.32 Å². The summed E-state index contributed by atoms with van der Waals surface area (Å²) >= 11 is 0. The SMILES string of the molecule is CC(C)(CNC(=O)C1(N)CCCCC1)c1ccc(F)cc1. The minimum Gasteiger partial charge on any atom is -0.354 e. The van der Waals surface area contributed by atoms with Crippen LogP contribution in [0.15, 0.2) is 24.3 Å². The molecule has 1 amide bonds. The molecule has 0 atom stereocenters. The van der Waals surface area contributed by atoms with Crippen molar-refractivity contribution in [1.82, 2.24) is 5.32 Å². The Kier molecular flexibility index (Phi) is 4.67. The fraction of sp³-hybridized carbons (Fsp3) is 0.588. The van der Waals surface area contributed by atoms with Gasteiger partial charge in [-0.1, -0.05) is 45.2 Å². The van der Waals surface area contributed by atoms with Gasteiger partial charge >= 0.3 is 0 Å². The monoisotopic (exact) mass is 292 g/mol. The van der Waals surface area contributed by atoms with Gasteiger partial charge in [0.25, 0.3) is 0 Å². The number of nitrogens with one attached hydrogen (secondary N) is 1. The molecule has 0 heterocycles. The zero-order chi connectivity index (χ0) is 15.5. The van der Waals surface area contributed by atoms with Crippen LogP contribution in [0.2, 0.25) is 0 Å². The lowest BCUT2D eigenvalue weighted by molar-refractivity contribution is -0.127. The molecule has 1 aliphatic carbocycles. The van der Waals surface area contributed by atoms with E-state index >= 15 is 0 Å². The second kappa shape index (κ2) is 6.14. The third-order valence-electron chi connectivity index (χ3n) is 4.51. The van der Waals surface area contributed by atoms with Crippen molar-refractivity contribution < 1.29 is 9.18 Å². The van der Waals surface area contributed by atoms with E-state index < -0.39 is 5.54 Å². The Morgan fingerprint density at radius 3 is 2.38 bits per heavy atom. The largest absolute Gasteiger partial charge is 0.354 e. The molecule has 0 unspecified atom stereocenters. The molecular formula is C17H25FN2O. The average Bonchev–Trinajstić information content (AvgIpc) is 2.46. The molecule has 4 heteroatoms. The zero-order valence-corrected chi connectivity index (χ0v) is 12.9. The maximum Gasteiger partial charge on any atom is 0.240 e. The van der Waals surface area contributed by atoms with E-state index in [9.17, 15) is 9.18 Å². The minimum absolute atomic E-state index is 0.0580. The summed E-state index contributed by atoms with van der Waals surface area (Å²) in [6.07, 6.45) is 4.72. The van der Waals surface area contributed by atoms with Gasteiger partial charge in [0.2, 0.25) is 5.91 Å². The second-order valence-electron chi connectivity index (χ2n) is 6.79. The Labute approximate surface area is 126 Å². The molecule has 0 bridgehead atoms. The summed E-state index contributed by atoms with van der Waals surface area (Å²) in [6.45, 7) is 4.56. The minimum atomic E-state index is -0.711. The number of rotatable bonds is 4. The smallest absolute Gasteiger partial charge is 0.240 e. The number of benzene rings is 1. The van der Waals surface area contributed by atoms with Crippen molar-refractivity contribution in [1.29, 1.82) is 0 Å². The Hall–Kier alpha value is -1.42. The number of hydrogen-bond acceptors (Lipinski definition) is 2. The van der Waals surface area contributed by atoms with Gasteiger partial charge < -0.3 is 11.1 Å². The standard InChI is InChI=1S/C17H25FN2O/c1-16(2,13-6-8-14(18)9-7-13)12-20-15(21)17(19)10-4-3-5-11-17/h6-9H,3-5,10-12,19H2,1-2H3,(H,20,21). The van der Waals surface area contributed by atoms with Crippen LogP contribution in [0.1, 0.15) is 51.5 Å². The molecule has 0 saturated heterocycles. The third kappa shape index (κ3) is 3.82. The van der Waals surface area contributed by atoms with Crippen LogP contribution in [-0.4, -0.2) is 18.0 Å². The van der Waals surface area contributed by atoms with Gasteiger partial charge in [0.15, 0.2) is 0 Å². The number of carbonyl (C=O) groups is 1. The maximum absolute atomic E-state index is 13.0. The number of halogens is 1. The van der Waals surface area contributed by atoms with Gasteiger partial charge in [0.05, 0.1) is 5.54 Å². The molecule has 0 aromatic heterocycles. The molecule has 3 N–H and O–H groups in total. The highest BCUT2D eigenvalue weighted by Crippen LogP contribution is 2.27. The van der Waals surface area contributed by atoms with Crippen molar-refractivity contribution in [3.63, 3.8) is 0 Å². The molecule has 1 aromatic rings. The van der Waals surface area contributed by atoms with Crippen molar-refractivity contribution in [2.45, 2.75) is 56.9 Å². The Morgan fingerprint density at radius 2 is 1.81 bits per heavy atom. The number of amides is 1. The first kappa shape index (κ1) is 16.0. The molecular weight excluding hydrogens is 267 g/mol. The van der Waals surface area contributed by atoms with Crippen LogP contribution in [0.4, 0.5) is 4.39 Å². The third-order valence-corrected chi connectivity index (χ3v) is 4.51. The normalized spacial score (nSPS) is 18.3. The van der Waals surface area contributed by atoms with E-state index in [4.69, 9.17) is 5.73 Å². The summed E-state index contributed by atoms with van der Waals surface area (Å²) in [4.78, 5) is 12.4. The molecule has 1 fully saturated rings. The molecule has 21 heavy (non-hydrogen) atoms. The van der Waals surface area contributed by atoms with Gasteiger partial charge in [-0.3, -0.25) is 4.79 Å². The van der Waals surface area contributed by atoms with Crippen LogP contribution >= 0.6 is 0 Å². The van der Waals surface area contributed by atoms with E-state index in [0.717, 1.165) is 37.7 Å². The Bertz CT molecular complexity index is 490. The van der Waals surface area contributed by atoms with Crippen molar-refractivity contribution in [2.24, 2.45) is 5.73 Å². The lowest BCUT2D eigenvalue weighted by Crippen LogP contribution is -2.56. The number of nitrogens with two attached hydrogens (primary N) is 1.